The minimum absolute atomic E-state index is 0.332. The normalized spacial score (nSPS) is 15.5. The molecule has 0 radical (unpaired) electrons. The second kappa shape index (κ2) is 9.75. The zero-order chi connectivity index (χ0) is 24.4. The van der Waals surface area contributed by atoms with E-state index in [1.807, 2.05) is 30.3 Å². The summed E-state index contributed by atoms with van der Waals surface area (Å²) in [6.45, 7) is 3.34. The number of fused-ring (bicyclic) bond motifs is 1. The Balaban J connectivity index is 1.31. The van der Waals surface area contributed by atoms with Crippen LogP contribution in [0.1, 0.15) is 31.3 Å². The summed E-state index contributed by atoms with van der Waals surface area (Å²) in [4.78, 5) is 17.2. The molecule has 4 aromatic rings. The van der Waals surface area contributed by atoms with Crippen molar-refractivity contribution in [2.24, 2.45) is 5.92 Å². The number of rotatable bonds is 7. The van der Waals surface area contributed by atoms with Crippen molar-refractivity contribution >= 4 is 21.2 Å². The molecule has 1 aliphatic rings. The van der Waals surface area contributed by atoms with Crippen LogP contribution in [-0.4, -0.2) is 52.9 Å². The minimum Gasteiger partial charge on any atom is -0.497 e. The van der Waals surface area contributed by atoms with Gasteiger partial charge in [0.25, 0.3) is 0 Å². The van der Waals surface area contributed by atoms with Crippen molar-refractivity contribution in [3.63, 3.8) is 0 Å². The summed E-state index contributed by atoms with van der Waals surface area (Å²) in [5.74, 6) is 2.20. The highest BCUT2D eigenvalue weighted by Crippen LogP contribution is 2.27. The van der Waals surface area contributed by atoms with Crippen LogP contribution in [0.4, 0.5) is 0 Å². The summed E-state index contributed by atoms with van der Waals surface area (Å²) in [6.07, 6.45) is 6.77. The molecule has 0 atom stereocenters. The number of H-pyrrole nitrogens is 1. The van der Waals surface area contributed by atoms with Crippen molar-refractivity contribution in [1.29, 1.82) is 0 Å². The molecule has 182 valence electrons. The van der Waals surface area contributed by atoms with Crippen LogP contribution in [0.15, 0.2) is 59.8 Å². The highest BCUT2D eigenvalue weighted by molar-refractivity contribution is 7.89. The maximum atomic E-state index is 13.0. The molecule has 4 heterocycles. The Morgan fingerprint density at radius 1 is 1.03 bits per heavy atom. The highest BCUT2D eigenvalue weighted by Gasteiger charge is 2.27. The molecule has 0 spiro atoms. The van der Waals surface area contributed by atoms with Gasteiger partial charge in [0.15, 0.2) is 5.65 Å². The van der Waals surface area contributed by atoms with Crippen molar-refractivity contribution in [2.75, 3.05) is 20.2 Å². The number of piperidine rings is 1. The van der Waals surface area contributed by atoms with E-state index in [4.69, 9.17) is 9.72 Å². The summed E-state index contributed by atoms with van der Waals surface area (Å²) in [6, 6.07) is 12.8. The number of hydrogen-bond acceptors (Lipinski definition) is 6. The molecule has 0 bridgehead atoms. The fourth-order valence-corrected chi connectivity index (χ4v) is 5.85. The number of methoxy groups -OCH3 is 1. The second-order valence-electron chi connectivity index (χ2n) is 9.07. The Morgan fingerprint density at radius 3 is 2.54 bits per heavy atom. The lowest BCUT2D eigenvalue weighted by Crippen LogP contribution is -2.37. The average Bonchev–Trinajstić information content (AvgIpc) is 3.30. The van der Waals surface area contributed by atoms with Crippen molar-refractivity contribution in [3.05, 3.63) is 66.4 Å². The summed E-state index contributed by atoms with van der Waals surface area (Å²) in [5.41, 5.74) is 4.22. The van der Waals surface area contributed by atoms with Crippen LogP contribution < -0.4 is 4.74 Å². The number of aromatic nitrogens is 4. The molecular weight excluding hydrogens is 462 g/mol. The van der Waals surface area contributed by atoms with Gasteiger partial charge in [0.2, 0.25) is 10.0 Å². The van der Waals surface area contributed by atoms with Gasteiger partial charge in [-0.15, -0.1) is 0 Å². The number of aromatic amines is 1. The average molecular weight is 492 g/mol. The molecule has 1 aliphatic heterocycles. The van der Waals surface area contributed by atoms with E-state index in [1.54, 1.807) is 35.9 Å². The summed E-state index contributed by atoms with van der Waals surface area (Å²) < 4.78 is 32.9. The number of benzene rings is 1. The molecule has 1 aromatic carbocycles. The molecule has 0 amide bonds. The van der Waals surface area contributed by atoms with E-state index in [1.165, 1.54) is 0 Å². The third-order valence-corrected chi connectivity index (χ3v) is 8.51. The van der Waals surface area contributed by atoms with E-state index >= 15 is 0 Å². The number of pyridine rings is 2. The predicted octanol–water partition coefficient (Wildman–Crippen LogP) is 4.23. The molecule has 0 unspecified atom stereocenters. The first-order valence-corrected chi connectivity index (χ1v) is 13.3. The molecule has 1 saturated heterocycles. The van der Waals surface area contributed by atoms with Crippen LogP contribution in [0.2, 0.25) is 0 Å². The maximum Gasteiger partial charge on any atom is 0.243 e. The van der Waals surface area contributed by atoms with Gasteiger partial charge in [0, 0.05) is 49.2 Å². The molecule has 3 aromatic heterocycles. The molecule has 0 saturated carbocycles. The first-order chi connectivity index (χ1) is 16.9. The Bertz CT molecular complexity index is 1430. The quantitative estimate of drug-likeness (QED) is 0.415. The lowest BCUT2D eigenvalue weighted by molar-refractivity contribution is 0.288. The number of nitrogens with one attached hydrogen (secondary N) is 1. The zero-order valence-corrected chi connectivity index (χ0v) is 20.8. The van der Waals surface area contributed by atoms with Crippen LogP contribution in [0.25, 0.3) is 22.3 Å². The van der Waals surface area contributed by atoms with E-state index < -0.39 is 10.0 Å². The van der Waals surface area contributed by atoms with Gasteiger partial charge >= 0.3 is 0 Å². The number of imidazole rings is 1. The van der Waals surface area contributed by atoms with Gasteiger partial charge in [0.1, 0.15) is 17.1 Å². The van der Waals surface area contributed by atoms with Gasteiger partial charge in [-0.2, -0.15) is 4.31 Å². The number of nitrogens with zero attached hydrogens (tertiary/aromatic N) is 4. The van der Waals surface area contributed by atoms with Crippen LogP contribution >= 0.6 is 0 Å². The minimum atomic E-state index is -3.46. The highest BCUT2D eigenvalue weighted by atomic mass is 32.2. The third kappa shape index (κ3) is 5.06. The fourth-order valence-electron chi connectivity index (χ4n) is 4.38. The van der Waals surface area contributed by atoms with Gasteiger partial charge in [-0.25, -0.2) is 18.4 Å². The van der Waals surface area contributed by atoms with Gasteiger partial charge in [-0.1, -0.05) is 19.1 Å². The lowest BCUT2D eigenvalue weighted by atomic mass is 10.0. The Labute approximate surface area is 205 Å². The van der Waals surface area contributed by atoms with Gasteiger partial charge < -0.3 is 9.72 Å². The Kier molecular flexibility index (Phi) is 6.53. The van der Waals surface area contributed by atoms with Crippen molar-refractivity contribution in [3.8, 4) is 16.9 Å². The molecule has 1 fully saturated rings. The molecule has 35 heavy (non-hydrogen) atoms. The van der Waals surface area contributed by atoms with Crippen LogP contribution in [0.3, 0.4) is 0 Å². The van der Waals surface area contributed by atoms with Crippen molar-refractivity contribution in [2.45, 2.75) is 37.5 Å². The molecule has 9 heteroatoms. The van der Waals surface area contributed by atoms with Crippen molar-refractivity contribution < 1.29 is 13.2 Å². The molecule has 0 aliphatic carbocycles. The topological polar surface area (TPSA) is 101 Å². The first-order valence-electron chi connectivity index (χ1n) is 11.9. The number of hydrogen-bond donors (Lipinski definition) is 1. The number of aryl methyl sites for hydroxylation is 2. The molecule has 8 nitrogen and oxygen atoms in total. The lowest BCUT2D eigenvalue weighted by Gasteiger charge is -2.29. The molecule has 5 rings (SSSR count). The number of sulfonamides is 1. The molecule has 1 N–H and O–H groups in total. The zero-order valence-electron chi connectivity index (χ0n) is 19.9. The standard InChI is InChI=1S/C26H29N5O3S/c1-18-10-13-31(14-11-18)35(32,33)23-6-3-19(4-7-23)20-15-24-26(28-17-20)30-25(29-24)8-5-21-16-22(34-2)9-12-27-21/h3-4,6-7,9,12,15-18H,5,8,10-11,13-14H2,1-2H3,(H,28,29,30). The van der Waals surface area contributed by atoms with Crippen molar-refractivity contribution in [1.82, 2.24) is 24.2 Å². The largest absolute Gasteiger partial charge is 0.497 e. The van der Waals surface area contributed by atoms with E-state index in [0.29, 0.717) is 30.3 Å². The predicted molar refractivity (Wildman–Crippen MR) is 135 cm³/mol. The van der Waals surface area contributed by atoms with E-state index in [2.05, 4.69) is 21.9 Å². The van der Waals surface area contributed by atoms with Gasteiger partial charge in [-0.3, -0.25) is 4.98 Å². The van der Waals surface area contributed by atoms with Crippen LogP contribution in [-0.2, 0) is 22.9 Å². The smallest absolute Gasteiger partial charge is 0.243 e. The van der Waals surface area contributed by atoms with Gasteiger partial charge in [0.05, 0.1) is 12.0 Å². The van der Waals surface area contributed by atoms with E-state index in [0.717, 1.165) is 58.8 Å². The third-order valence-electron chi connectivity index (χ3n) is 6.60. The first kappa shape index (κ1) is 23.4. The van der Waals surface area contributed by atoms with E-state index in [-0.39, 0.29) is 0 Å². The SMILES string of the molecule is COc1ccnc(CCc2nc3cc(-c4ccc(S(=O)(=O)N5CCC(C)CC5)cc4)cnc3[nH]2)c1. The summed E-state index contributed by atoms with van der Waals surface area (Å²) in [5, 5.41) is 0. The maximum absolute atomic E-state index is 13.0. The Hall–Kier alpha value is -3.30. The second-order valence-corrected chi connectivity index (χ2v) is 11.0. The van der Waals surface area contributed by atoms with Crippen LogP contribution in [0, 0.1) is 5.92 Å². The summed E-state index contributed by atoms with van der Waals surface area (Å²) >= 11 is 0. The fraction of sp³-hybridized carbons (Fsp3) is 0.346. The number of ether oxygens (including phenoxy) is 1. The van der Waals surface area contributed by atoms with E-state index in [9.17, 15) is 8.42 Å². The monoisotopic (exact) mass is 491 g/mol. The summed E-state index contributed by atoms with van der Waals surface area (Å²) in [7, 11) is -1.82. The van der Waals surface area contributed by atoms with Crippen LogP contribution in [0.5, 0.6) is 5.75 Å². The Morgan fingerprint density at radius 2 is 1.80 bits per heavy atom. The molecular formula is C26H29N5O3S. The van der Waals surface area contributed by atoms with Gasteiger partial charge in [-0.05, 0) is 55.0 Å².